The Morgan fingerprint density at radius 3 is 2.27 bits per heavy atom. The largest absolute Gasteiger partial charge is 0.454 e. The Morgan fingerprint density at radius 1 is 0.967 bits per heavy atom. The molecule has 9 heteroatoms. The standard InChI is InChI=1S/C21H27N5O4/c1-3-26(4-2)13-17-11-12-18(30-17)20(28)25-24-19(27)14-5-7-15(8-6-14)22-21(29)23-16-9-10-16/h5-8,11-12,16H,3-4,9-10,13H2,1-2H3,(H,24,27)(H,25,28)(H2,22,23,29). The predicted molar refractivity (Wildman–Crippen MR) is 112 cm³/mol. The van der Waals surface area contributed by atoms with Gasteiger partial charge in [-0.3, -0.25) is 25.3 Å². The highest BCUT2D eigenvalue weighted by atomic mass is 16.4. The highest BCUT2D eigenvalue weighted by molar-refractivity contribution is 5.98. The maximum absolute atomic E-state index is 12.2. The summed E-state index contributed by atoms with van der Waals surface area (Å²) in [5.41, 5.74) is 5.61. The summed E-state index contributed by atoms with van der Waals surface area (Å²) in [5, 5.41) is 5.53. The first-order chi connectivity index (χ1) is 14.5. The topological polar surface area (TPSA) is 116 Å². The lowest BCUT2D eigenvalue weighted by atomic mass is 10.2. The number of furan rings is 1. The second-order valence-corrected chi connectivity index (χ2v) is 7.09. The maximum atomic E-state index is 12.2. The van der Waals surface area contributed by atoms with E-state index in [-0.39, 0.29) is 17.8 Å². The second kappa shape index (κ2) is 9.93. The molecule has 4 N–H and O–H groups in total. The molecule has 1 fully saturated rings. The van der Waals surface area contributed by atoms with Gasteiger partial charge in [0.2, 0.25) is 0 Å². The van der Waals surface area contributed by atoms with Crippen LogP contribution in [0.3, 0.4) is 0 Å². The molecule has 160 valence electrons. The van der Waals surface area contributed by atoms with Crippen LogP contribution in [0.4, 0.5) is 10.5 Å². The van der Waals surface area contributed by atoms with E-state index >= 15 is 0 Å². The molecular weight excluding hydrogens is 386 g/mol. The first-order valence-electron chi connectivity index (χ1n) is 10.1. The number of carbonyl (C=O) groups excluding carboxylic acids is 3. The van der Waals surface area contributed by atoms with Crippen molar-refractivity contribution in [2.75, 3.05) is 18.4 Å². The van der Waals surface area contributed by atoms with Gasteiger partial charge in [0, 0.05) is 17.3 Å². The van der Waals surface area contributed by atoms with Gasteiger partial charge in [-0.15, -0.1) is 0 Å². The van der Waals surface area contributed by atoms with Crippen LogP contribution in [0.5, 0.6) is 0 Å². The van der Waals surface area contributed by atoms with Gasteiger partial charge in [-0.2, -0.15) is 0 Å². The number of nitrogens with one attached hydrogen (secondary N) is 4. The summed E-state index contributed by atoms with van der Waals surface area (Å²) in [6, 6.07) is 9.69. The molecule has 0 atom stereocenters. The summed E-state index contributed by atoms with van der Waals surface area (Å²) < 4.78 is 5.55. The lowest BCUT2D eigenvalue weighted by Crippen LogP contribution is -2.41. The second-order valence-electron chi connectivity index (χ2n) is 7.09. The molecule has 9 nitrogen and oxygen atoms in total. The molecule has 1 saturated carbocycles. The Balaban J connectivity index is 1.47. The van der Waals surface area contributed by atoms with Gasteiger partial charge < -0.3 is 15.1 Å². The molecule has 1 aliphatic carbocycles. The fourth-order valence-electron chi connectivity index (χ4n) is 2.79. The van der Waals surface area contributed by atoms with Gasteiger partial charge in [0.05, 0.1) is 6.54 Å². The smallest absolute Gasteiger partial charge is 0.319 e. The number of hydrogen-bond acceptors (Lipinski definition) is 5. The number of anilines is 1. The van der Waals surface area contributed by atoms with E-state index in [1.807, 2.05) is 0 Å². The van der Waals surface area contributed by atoms with E-state index in [0.29, 0.717) is 23.6 Å². The molecule has 3 rings (SSSR count). The SMILES string of the molecule is CCN(CC)Cc1ccc(C(=O)NNC(=O)c2ccc(NC(=O)NC3CC3)cc2)o1. The summed E-state index contributed by atoms with van der Waals surface area (Å²) in [6.45, 7) is 6.50. The summed E-state index contributed by atoms with van der Waals surface area (Å²) in [7, 11) is 0. The highest BCUT2D eigenvalue weighted by Crippen LogP contribution is 2.19. The number of nitrogens with zero attached hydrogens (tertiary/aromatic N) is 1. The minimum atomic E-state index is -0.538. The van der Waals surface area contributed by atoms with Crippen LogP contribution < -0.4 is 21.5 Å². The molecule has 1 heterocycles. The van der Waals surface area contributed by atoms with Crippen LogP contribution in [0.1, 0.15) is 53.4 Å². The lowest BCUT2D eigenvalue weighted by molar-refractivity contribution is 0.0829. The normalized spacial score (nSPS) is 13.0. The van der Waals surface area contributed by atoms with E-state index in [1.165, 1.54) is 0 Å². The molecule has 0 saturated heterocycles. The minimum absolute atomic E-state index is 0.124. The molecule has 0 unspecified atom stereocenters. The summed E-state index contributed by atoms with van der Waals surface area (Å²) >= 11 is 0. The van der Waals surface area contributed by atoms with E-state index in [0.717, 1.165) is 25.9 Å². The van der Waals surface area contributed by atoms with Gasteiger partial charge >= 0.3 is 11.9 Å². The quantitative estimate of drug-likeness (QED) is 0.496. The molecule has 0 bridgehead atoms. The molecule has 0 aliphatic heterocycles. The monoisotopic (exact) mass is 413 g/mol. The van der Waals surface area contributed by atoms with Gasteiger partial charge in [0.15, 0.2) is 5.76 Å². The summed E-state index contributed by atoms with van der Waals surface area (Å²) in [5.74, 6) is -0.209. The van der Waals surface area contributed by atoms with Gasteiger partial charge in [0.1, 0.15) is 5.76 Å². The Morgan fingerprint density at radius 2 is 1.63 bits per heavy atom. The number of rotatable bonds is 8. The molecule has 1 aliphatic rings. The van der Waals surface area contributed by atoms with Crippen molar-refractivity contribution in [2.45, 2.75) is 39.3 Å². The van der Waals surface area contributed by atoms with Crippen molar-refractivity contribution in [1.82, 2.24) is 21.1 Å². The molecule has 0 radical (unpaired) electrons. The van der Waals surface area contributed by atoms with E-state index in [4.69, 9.17) is 4.42 Å². The van der Waals surface area contributed by atoms with Crippen molar-refractivity contribution in [3.05, 3.63) is 53.5 Å². The molecule has 4 amide bonds. The molecule has 1 aromatic carbocycles. The zero-order valence-electron chi connectivity index (χ0n) is 17.2. The number of benzene rings is 1. The molecular formula is C21H27N5O4. The fourth-order valence-corrected chi connectivity index (χ4v) is 2.79. The van der Waals surface area contributed by atoms with E-state index < -0.39 is 11.8 Å². The highest BCUT2D eigenvalue weighted by Gasteiger charge is 2.23. The molecule has 0 spiro atoms. The third kappa shape index (κ3) is 6.08. The average Bonchev–Trinajstić information content (AvgIpc) is 3.43. The van der Waals surface area contributed by atoms with Crippen molar-refractivity contribution in [2.24, 2.45) is 0 Å². The van der Waals surface area contributed by atoms with Crippen LogP contribution in [0.15, 0.2) is 40.8 Å². The predicted octanol–water partition coefficient (Wildman–Crippen LogP) is 2.48. The Labute approximate surface area is 175 Å². The van der Waals surface area contributed by atoms with Crippen LogP contribution in [0.25, 0.3) is 0 Å². The fraction of sp³-hybridized carbons (Fsp3) is 0.381. The van der Waals surface area contributed by atoms with Gasteiger partial charge in [-0.1, -0.05) is 13.8 Å². The summed E-state index contributed by atoms with van der Waals surface area (Å²) in [6.07, 6.45) is 2.01. The average molecular weight is 413 g/mol. The third-order valence-corrected chi connectivity index (χ3v) is 4.77. The first-order valence-corrected chi connectivity index (χ1v) is 10.1. The van der Waals surface area contributed by atoms with Crippen LogP contribution >= 0.6 is 0 Å². The zero-order chi connectivity index (χ0) is 21.5. The number of amides is 4. The Bertz CT molecular complexity index is 885. The van der Waals surface area contributed by atoms with Crippen LogP contribution in [0, 0.1) is 0 Å². The van der Waals surface area contributed by atoms with Crippen molar-refractivity contribution >= 4 is 23.5 Å². The van der Waals surface area contributed by atoms with Gasteiger partial charge in [0.25, 0.3) is 5.91 Å². The summed E-state index contributed by atoms with van der Waals surface area (Å²) in [4.78, 5) is 38.3. The number of hydrogen-bond donors (Lipinski definition) is 4. The van der Waals surface area contributed by atoms with Crippen LogP contribution in [0.2, 0.25) is 0 Å². The minimum Gasteiger partial charge on any atom is -0.454 e. The van der Waals surface area contributed by atoms with Gasteiger partial charge in [-0.25, -0.2) is 4.79 Å². The van der Waals surface area contributed by atoms with E-state index in [9.17, 15) is 14.4 Å². The molecule has 1 aromatic heterocycles. The lowest BCUT2D eigenvalue weighted by Gasteiger charge is -2.15. The number of carbonyl (C=O) groups is 3. The van der Waals surface area contributed by atoms with Crippen LogP contribution in [-0.2, 0) is 6.54 Å². The molecule has 30 heavy (non-hydrogen) atoms. The Hall–Kier alpha value is -3.33. The van der Waals surface area contributed by atoms with Crippen LogP contribution in [-0.4, -0.2) is 41.9 Å². The molecule has 2 aromatic rings. The maximum Gasteiger partial charge on any atom is 0.319 e. The number of hydrazine groups is 1. The van der Waals surface area contributed by atoms with Crippen molar-refractivity contribution in [3.63, 3.8) is 0 Å². The van der Waals surface area contributed by atoms with Crippen molar-refractivity contribution in [1.29, 1.82) is 0 Å². The third-order valence-electron chi connectivity index (χ3n) is 4.77. The van der Waals surface area contributed by atoms with E-state index in [2.05, 4.69) is 40.2 Å². The van der Waals surface area contributed by atoms with Gasteiger partial charge in [-0.05, 0) is 62.3 Å². The van der Waals surface area contributed by atoms with E-state index in [1.54, 1.807) is 36.4 Å². The number of urea groups is 1. The van der Waals surface area contributed by atoms with Crippen molar-refractivity contribution in [3.8, 4) is 0 Å². The first kappa shape index (κ1) is 21.4. The zero-order valence-corrected chi connectivity index (χ0v) is 17.2. The Kier molecular flexibility index (Phi) is 7.08. The van der Waals surface area contributed by atoms with Crippen molar-refractivity contribution < 1.29 is 18.8 Å².